The third-order valence-electron chi connectivity index (χ3n) is 6.53. The van der Waals surface area contributed by atoms with Crippen molar-refractivity contribution in [2.24, 2.45) is 10.1 Å². The number of hydrogen-bond donors (Lipinski definition) is 3. The molecule has 3 aromatic rings. The van der Waals surface area contributed by atoms with Crippen LogP contribution in [0, 0.1) is 0 Å². The third kappa shape index (κ3) is 6.67. The second kappa shape index (κ2) is 14.0. The van der Waals surface area contributed by atoms with Crippen molar-refractivity contribution in [3.8, 4) is 11.5 Å². The normalized spacial score (nSPS) is 17.5. The maximum Gasteiger partial charge on any atom is 0.266 e. The molecule has 1 amide bonds. The lowest BCUT2D eigenvalue weighted by atomic mass is 9.84. The Labute approximate surface area is 238 Å². The number of benzene rings is 3. The minimum absolute atomic E-state index is 0.0443. The van der Waals surface area contributed by atoms with Crippen LogP contribution in [0.2, 0.25) is 0 Å². The van der Waals surface area contributed by atoms with Crippen molar-refractivity contribution >= 4 is 17.5 Å². The summed E-state index contributed by atoms with van der Waals surface area (Å²) in [5.74, 6) is 1.10. The predicted molar refractivity (Wildman–Crippen MR) is 155 cm³/mol. The van der Waals surface area contributed by atoms with Gasteiger partial charge in [-0.1, -0.05) is 53.7 Å². The zero-order chi connectivity index (χ0) is 29.1. The number of hydrogen-bond acceptors (Lipinski definition) is 8. The first-order valence-electron chi connectivity index (χ1n) is 13.1. The third-order valence-corrected chi connectivity index (χ3v) is 6.53. The second-order valence-corrected chi connectivity index (χ2v) is 9.15. The molecule has 11 nitrogen and oxygen atoms in total. The molecule has 0 bridgehead atoms. The standard InChI is InChI=1S/C30H32N6O5/c1-3-17-30(29(38)35-32-20-22-9-4-7-12-26(22)39-2)27(24-10-5-6-11-25(24)34-36-31)41-28(33-30)21-13-15-23(16-14-21)40-19-8-18-37/h3-7,9-16,27,32,37H,1,8,17-20H2,2H3,(H,35,38)/t27-,30-/m0/s1. The van der Waals surface area contributed by atoms with Gasteiger partial charge in [-0.15, -0.1) is 6.58 Å². The molecule has 3 aromatic carbocycles. The van der Waals surface area contributed by atoms with Crippen LogP contribution in [-0.4, -0.2) is 42.8 Å². The molecule has 0 fully saturated rings. The molecule has 212 valence electrons. The molecule has 0 unspecified atom stereocenters. The summed E-state index contributed by atoms with van der Waals surface area (Å²) in [6.07, 6.45) is 1.34. The molecular formula is C30H32N6O5. The SMILES string of the molecule is C=CC[C@]1(C(=O)NNCc2ccccc2OC)N=C(c2ccc(OCCCO)cc2)O[C@H]1c1ccccc1N=[N+]=[N-]. The van der Waals surface area contributed by atoms with Gasteiger partial charge in [-0.2, -0.15) is 0 Å². The highest BCUT2D eigenvalue weighted by molar-refractivity contribution is 6.01. The molecule has 0 saturated heterocycles. The van der Waals surface area contributed by atoms with E-state index in [1.807, 2.05) is 24.3 Å². The van der Waals surface area contributed by atoms with Gasteiger partial charge < -0.3 is 19.3 Å². The molecule has 4 rings (SSSR count). The summed E-state index contributed by atoms with van der Waals surface area (Å²) in [7, 11) is 1.59. The van der Waals surface area contributed by atoms with Crippen LogP contribution in [0.15, 0.2) is 95.6 Å². The van der Waals surface area contributed by atoms with Crippen LogP contribution < -0.4 is 20.3 Å². The number of aliphatic hydroxyl groups excluding tert-OH is 1. The number of ether oxygens (including phenoxy) is 3. The van der Waals surface area contributed by atoms with Crippen molar-refractivity contribution in [2.45, 2.75) is 31.0 Å². The zero-order valence-electron chi connectivity index (χ0n) is 22.7. The second-order valence-electron chi connectivity index (χ2n) is 9.15. The number of aliphatic imine (C=N–C) groups is 1. The quantitative estimate of drug-likeness (QED) is 0.0631. The maximum atomic E-state index is 13.9. The fourth-order valence-electron chi connectivity index (χ4n) is 4.54. The first-order chi connectivity index (χ1) is 20.1. The molecule has 0 radical (unpaired) electrons. The van der Waals surface area contributed by atoms with Gasteiger partial charge in [0.25, 0.3) is 5.91 Å². The number of aliphatic hydroxyl groups is 1. The summed E-state index contributed by atoms with van der Waals surface area (Å²) in [5.41, 5.74) is 15.8. The Morgan fingerprint density at radius 1 is 1.20 bits per heavy atom. The molecule has 1 heterocycles. The minimum atomic E-state index is -1.47. The van der Waals surface area contributed by atoms with Crippen molar-refractivity contribution in [2.75, 3.05) is 20.3 Å². The lowest BCUT2D eigenvalue weighted by molar-refractivity contribution is -0.129. The first-order valence-corrected chi connectivity index (χ1v) is 13.1. The van der Waals surface area contributed by atoms with Crippen LogP contribution in [0.4, 0.5) is 5.69 Å². The molecular weight excluding hydrogens is 524 g/mol. The van der Waals surface area contributed by atoms with E-state index in [0.717, 1.165) is 5.56 Å². The minimum Gasteiger partial charge on any atom is -0.496 e. The van der Waals surface area contributed by atoms with Gasteiger partial charge in [0.1, 0.15) is 11.5 Å². The van der Waals surface area contributed by atoms with Gasteiger partial charge in [0, 0.05) is 53.3 Å². The fraction of sp³-hybridized carbons (Fsp3) is 0.267. The van der Waals surface area contributed by atoms with Crippen LogP contribution in [0.3, 0.4) is 0 Å². The highest BCUT2D eigenvalue weighted by Crippen LogP contribution is 2.45. The van der Waals surface area contributed by atoms with Gasteiger partial charge >= 0.3 is 0 Å². The van der Waals surface area contributed by atoms with E-state index in [0.29, 0.717) is 47.9 Å². The molecule has 0 aliphatic carbocycles. The van der Waals surface area contributed by atoms with Gasteiger partial charge in [-0.25, -0.2) is 10.4 Å². The van der Waals surface area contributed by atoms with Crippen LogP contribution in [0.1, 0.15) is 35.6 Å². The summed E-state index contributed by atoms with van der Waals surface area (Å²) in [6, 6.07) is 21.5. The molecule has 1 aliphatic rings. The van der Waals surface area contributed by atoms with E-state index in [1.54, 1.807) is 61.7 Å². The molecule has 11 heteroatoms. The van der Waals surface area contributed by atoms with Gasteiger partial charge in [0.15, 0.2) is 11.6 Å². The molecule has 0 saturated carbocycles. The Hall–Kier alpha value is -4.83. The Morgan fingerprint density at radius 2 is 1.95 bits per heavy atom. The lowest BCUT2D eigenvalue weighted by Crippen LogP contribution is -2.52. The van der Waals surface area contributed by atoms with E-state index in [2.05, 4.69) is 27.5 Å². The average molecular weight is 557 g/mol. The van der Waals surface area contributed by atoms with Gasteiger partial charge in [0.2, 0.25) is 5.90 Å². The molecule has 3 N–H and O–H groups in total. The maximum absolute atomic E-state index is 13.9. The number of para-hydroxylation sites is 1. The van der Waals surface area contributed by atoms with Crippen LogP contribution in [0.25, 0.3) is 10.4 Å². The van der Waals surface area contributed by atoms with Gasteiger partial charge in [0.05, 0.1) is 13.7 Å². The summed E-state index contributed by atoms with van der Waals surface area (Å²) < 4.78 is 17.4. The highest BCUT2D eigenvalue weighted by atomic mass is 16.5. The predicted octanol–water partition coefficient (Wildman–Crippen LogP) is 5.05. The zero-order valence-corrected chi connectivity index (χ0v) is 22.7. The number of carbonyl (C=O) groups excluding carboxylic acids is 1. The monoisotopic (exact) mass is 556 g/mol. The number of methoxy groups -OCH3 is 1. The first kappa shape index (κ1) is 29.2. The number of nitrogens with zero attached hydrogens (tertiary/aromatic N) is 4. The van der Waals surface area contributed by atoms with E-state index in [-0.39, 0.29) is 18.9 Å². The highest BCUT2D eigenvalue weighted by Gasteiger charge is 2.53. The Morgan fingerprint density at radius 3 is 2.68 bits per heavy atom. The molecule has 0 spiro atoms. The Balaban J connectivity index is 1.68. The summed E-state index contributed by atoms with van der Waals surface area (Å²) in [6.45, 7) is 4.61. The van der Waals surface area contributed by atoms with Crippen LogP contribution >= 0.6 is 0 Å². The van der Waals surface area contributed by atoms with Crippen molar-refractivity contribution in [3.05, 3.63) is 113 Å². The molecule has 0 aromatic heterocycles. The topological polar surface area (TPSA) is 150 Å². The number of nitrogens with one attached hydrogen (secondary N) is 2. The smallest absolute Gasteiger partial charge is 0.266 e. The fourth-order valence-corrected chi connectivity index (χ4v) is 4.54. The number of rotatable bonds is 14. The van der Waals surface area contributed by atoms with Crippen LogP contribution in [-0.2, 0) is 16.1 Å². The van der Waals surface area contributed by atoms with Crippen molar-refractivity contribution < 1.29 is 24.1 Å². The largest absolute Gasteiger partial charge is 0.496 e. The van der Waals surface area contributed by atoms with E-state index >= 15 is 0 Å². The van der Waals surface area contributed by atoms with Crippen molar-refractivity contribution in [1.29, 1.82) is 0 Å². The van der Waals surface area contributed by atoms with E-state index in [9.17, 15) is 10.3 Å². The van der Waals surface area contributed by atoms with Gasteiger partial charge in [-0.3, -0.25) is 10.2 Å². The number of azide groups is 1. The summed E-state index contributed by atoms with van der Waals surface area (Å²) >= 11 is 0. The van der Waals surface area contributed by atoms with Crippen molar-refractivity contribution in [3.63, 3.8) is 0 Å². The Bertz CT molecular complexity index is 1440. The molecule has 2 atom stereocenters. The number of hydrazine groups is 1. The lowest BCUT2D eigenvalue weighted by Gasteiger charge is -2.30. The summed E-state index contributed by atoms with van der Waals surface area (Å²) in [5, 5.41) is 12.8. The van der Waals surface area contributed by atoms with E-state index < -0.39 is 17.6 Å². The number of amides is 1. The van der Waals surface area contributed by atoms with Crippen LogP contribution in [0.5, 0.6) is 11.5 Å². The van der Waals surface area contributed by atoms with E-state index in [1.165, 1.54) is 0 Å². The number of carbonyl (C=O) groups is 1. The summed E-state index contributed by atoms with van der Waals surface area (Å²) in [4.78, 5) is 21.7. The Kier molecular flexibility index (Phi) is 9.95. The molecule has 41 heavy (non-hydrogen) atoms. The molecule has 1 aliphatic heterocycles. The van der Waals surface area contributed by atoms with E-state index in [4.69, 9.17) is 24.3 Å². The van der Waals surface area contributed by atoms with Gasteiger partial charge in [-0.05, 0) is 35.9 Å². The average Bonchev–Trinajstić information content (AvgIpc) is 3.39. The van der Waals surface area contributed by atoms with Crippen molar-refractivity contribution in [1.82, 2.24) is 10.9 Å².